The van der Waals surface area contributed by atoms with Gasteiger partial charge in [0.05, 0.1) is 18.2 Å². The number of aryl methyl sites for hydroxylation is 3. The smallest absolute Gasteiger partial charge is 0.263 e. The Morgan fingerprint density at radius 2 is 2.19 bits per heavy atom. The van der Waals surface area contributed by atoms with Gasteiger partial charge in [0.25, 0.3) is 5.56 Å². The summed E-state index contributed by atoms with van der Waals surface area (Å²) < 4.78 is 12.2. The van der Waals surface area contributed by atoms with Gasteiger partial charge in [-0.15, -0.1) is 11.3 Å². The van der Waals surface area contributed by atoms with E-state index in [2.05, 4.69) is 9.36 Å². The molecular weight excluding hydrogens is 400 g/mol. The normalized spacial score (nSPS) is 14.0. The zero-order chi connectivity index (χ0) is 18.4. The molecule has 0 amide bonds. The van der Waals surface area contributed by atoms with E-state index >= 15 is 0 Å². The number of rotatable bonds is 4. The second kappa shape index (κ2) is 6.88. The Morgan fingerprint density at radius 1 is 1.30 bits per heavy atom. The maximum atomic E-state index is 13.4. The van der Waals surface area contributed by atoms with Crippen LogP contribution in [0.3, 0.4) is 0 Å². The van der Waals surface area contributed by atoms with Crippen LogP contribution in [0.5, 0.6) is 0 Å². The van der Waals surface area contributed by atoms with Crippen molar-refractivity contribution < 1.29 is 4.42 Å². The summed E-state index contributed by atoms with van der Waals surface area (Å²) in [6.45, 7) is 2.22. The molecule has 0 spiro atoms. The first-order chi connectivity index (χ1) is 13.2. The van der Waals surface area contributed by atoms with Crippen LogP contribution >= 0.6 is 34.6 Å². The van der Waals surface area contributed by atoms with E-state index in [4.69, 9.17) is 9.40 Å². The Morgan fingerprint density at radius 3 is 2.96 bits per heavy atom. The highest BCUT2D eigenvalue weighted by molar-refractivity contribution is 8.00. The lowest BCUT2D eigenvalue weighted by Gasteiger charge is -2.12. The third-order valence-electron chi connectivity index (χ3n) is 4.62. The minimum Gasteiger partial charge on any atom is -0.467 e. The summed E-state index contributed by atoms with van der Waals surface area (Å²) >= 11 is 4.39. The Kier molecular flexibility index (Phi) is 4.37. The van der Waals surface area contributed by atoms with Crippen LogP contribution < -0.4 is 5.56 Å². The van der Waals surface area contributed by atoms with Crippen molar-refractivity contribution >= 4 is 44.8 Å². The predicted octanol–water partition coefficient (Wildman–Crippen LogP) is 4.29. The molecule has 0 fully saturated rings. The standard InChI is InChI=1S/C18H16N4O2S3/c1-10-19-18(27-21-10)26-17-20-15-14(12-6-2-3-7-13(12)25-15)16(23)22(17)9-11-5-4-8-24-11/h4-5,8H,2-3,6-7,9H2,1H3. The summed E-state index contributed by atoms with van der Waals surface area (Å²) in [5, 5.41) is 1.43. The zero-order valence-corrected chi connectivity index (χ0v) is 17.0. The van der Waals surface area contributed by atoms with Crippen molar-refractivity contribution in [2.24, 2.45) is 0 Å². The molecule has 9 heteroatoms. The molecule has 4 aromatic heterocycles. The molecule has 0 N–H and O–H groups in total. The number of hydrogen-bond acceptors (Lipinski definition) is 8. The lowest BCUT2D eigenvalue weighted by molar-refractivity contribution is 0.476. The second-order valence-corrected chi connectivity index (χ2v) is 9.52. The van der Waals surface area contributed by atoms with Crippen LogP contribution in [-0.2, 0) is 19.4 Å². The number of hydrogen-bond donors (Lipinski definition) is 0. The Hall–Kier alpha value is -1.97. The minimum atomic E-state index is 0.0135. The Balaban J connectivity index is 1.69. The number of nitrogens with zero attached hydrogens (tertiary/aromatic N) is 4. The van der Waals surface area contributed by atoms with Crippen molar-refractivity contribution in [3.05, 3.63) is 50.8 Å². The summed E-state index contributed by atoms with van der Waals surface area (Å²) in [7, 11) is 0. The molecule has 0 aromatic carbocycles. The molecule has 0 atom stereocenters. The molecule has 6 nitrogen and oxygen atoms in total. The highest BCUT2D eigenvalue weighted by Crippen LogP contribution is 2.36. The molecule has 138 valence electrons. The van der Waals surface area contributed by atoms with Crippen LogP contribution in [-0.4, -0.2) is 18.9 Å². The predicted molar refractivity (Wildman–Crippen MR) is 107 cm³/mol. The average Bonchev–Trinajstić information content (AvgIpc) is 3.38. The van der Waals surface area contributed by atoms with Gasteiger partial charge >= 0.3 is 0 Å². The van der Waals surface area contributed by atoms with E-state index in [-0.39, 0.29) is 5.56 Å². The van der Waals surface area contributed by atoms with Crippen LogP contribution in [0.25, 0.3) is 10.2 Å². The molecule has 1 aliphatic carbocycles. The van der Waals surface area contributed by atoms with Crippen LogP contribution in [0, 0.1) is 6.92 Å². The summed E-state index contributed by atoms with van der Waals surface area (Å²) in [6.07, 6.45) is 5.96. The highest BCUT2D eigenvalue weighted by Gasteiger charge is 2.23. The fourth-order valence-corrected chi connectivity index (χ4v) is 6.34. The third-order valence-corrected chi connectivity index (χ3v) is 7.64. The van der Waals surface area contributed by atoms with Gasteiger partial charge in [0, 0.05) is 4.88 Å². The van der Waals surface area contributed by atoms with Gasteiger partial charge < -0.3 is 4.42 Å². The molecule has 4 aromatic rings. The van der Waals surface area contributed by atoms with Gasteiger partial charge in [-0.1, -0.05) is 0 Å². The molecule has 0 unspecified atom stereocenters. The van der Waals surface area contributed by atoms with Crippen LogP contribution in [0.4, 0.5) is 0 Å². The monoisotopic (exact) mass is 416 g/mol. The first-order valence-electron chi connectivity index (χ1n) is 8.74. The fraction of sp³-hybridized carbons (Fsp3) is 0.333. The van der Waals surface area contributed by atoms with E-state index in [1.165, 1.54) is 40.2 Å². The summed E-state index contributed by atoms with van der Waals surface area (Å²) in [5.74, 6) is 1.47. The van der Waals surface area contributed by atoms with Gasteiger partial charge in [0.1, 0.15) is 16.4 Å². The summed E-state index contributed by atoms with van der Waals surface area (Å²) in [5.41, 5.74) is 1.22. The number of furan rings is 1. The van der Waals surface area contributed by atoms with Crippen molar-refractivity contribution in [2.45, 2.75) is 48.6 Å². The molecule has 0 aliphatic heterocycles. The van der Waals surface area contributed by atoms with E-state index in [0.717, 1.165) is 45.4 Å². The maximum absolute atomic E-state index is 13.4. The van der Waals surface area contributed by atoms with Crippen molar-refractivity contribution in [1.29, 1.82) is 0 Å². The quantitative estimate of drug-likeness (QED) is 0.462. The first-order valence-corrected chi connectivity index (χ1v) is 11.2. The lowest BCUT2D eigenvalue weighted by atomic mass is 9.97. The largest absolute Gasteiger partial charge is 0.467 e. The molecule has 0 radical (unpaired) electrons. The highest BCUT2D eigenvalue weighted by atomic mass is 32.2. The van der Waals surface area contributed by atoms with E-state index in [1.54, 1.807) is 22.2 Å². The summed E-state index contributed by atoms with van der Waals surface area (Å²) in [6, 6.07) is 3.71. The lowest BCUT2D eigenvalue weighted by Crippen LogP contribution is -2.24. The van der Waals surface area contributed by atoms with E-state index in [0.29, 0.717) is 11.7 Å². The second-order valence-electron chi connectivity index (χ2n) is 6.47. The fourth-order valence-electron chi connectivity index (χ4n) is 3.39. The minimum absolute atomic E-state index is 0.0135. The molecule has 0 saturated heterocycles. The van der Waals surface area contributed by atoms with Gasteiger partial charge in [-0.3, -0.25) is 9.36 Å². The average molecular weight is 417 g/mol. The van der Waals surface area contributed by atoms with E-state index < -0.39 is 0 Å². The van der Waals surface area contributed by atoms with Crippen molar-refractivity contribution in [3.63, 3.8) is 0 Å². The molecule has 4 heterocycles. The van der Waals surface area contributed by atoms with Crippen LogP contribution in [0.15, 0.2) is 37.1 Å². The van der Waals surface area contributed by atoms with Gasteiger partial charge in [-0.05, 0) is 73.6 Å². The number of thiophene rings is 1. The molecule has 5 rings (SSSR count). The van der Waals surface area contributed by atoms with Gasteiger partial charge in [-0.25, -0.2) is 9.97 Å². The Labute approximate surface area is 167 Å². The van der Waals surface area contributed by atoms with Gasteiger partial charge in [-0.2, -0.15) is 4.37 Å². The van der Waals surface area contributed by atoms with Crippen molar-refractivity contribution in [1.82, 2.24) is 18.9 Å². The molecule has 0 bridgehead atoms. The molecule has 0 saturated carbocycles. The third kappa shape index (κ3) is 3.13. The van der Waals surface area contributed by atoms with Crippen LogP contribution in [0.2, 0.25) is 0 Å². The SMILES string of the molecule is Cc1nsc(Sc2nc3sc4c(c3c(=O)n2Cc2ccco2)CCCC4)n1. The Bertz CT molecular complexity index is 1170. The van der Waals surface area contributed by atoms with Gasteiger partial charge in [0.15, 0.2) is 9.50 Å². The van der Waals surface area contributed by atoms with E-state index in [9.17, 15) is 4.79 Å². The molecular formula is C18H16N4O2S3. The molecule has 1 aliphatic rings. The van der Waals surface area contributed by atoms with Crippen LogP contribution in [0.1, 0.15) is 34.9 Å². The number of fused-ring (bicyclic) bond motifs is 3. The molecule has 27 heavy (non-hydrogen) atoms. The topological polar surface area (TPSA) is 73.8 Å². The maximum Gasteiger partial charge on any atom is 0.263 e. The number of aromatic nitrogens is 4. The van der Waals surface area contributed by atoms with Crippen molar-refractivity contribution in [3.8, 4) is 0 Å². The first kappa shape index (κ1) is 17.2. The van der Waals surface area contributed by atoms with Crippen molar-refractivity contribution in [2.75, 3.05) is 0 Å². The van der Waals surface area contributed by atoms with E-state index in [1.807, 2.05) is 19.1 Å². The summed E-state index contributed by atoms with van der Waals surface area (Å²) in [4.78, 5) is 24.9. The zero-order valence-electron chi connectivity index (χ0n) is 14.6. The van der Waals surface area contributed by atoms with Gasteiger partial charge in [0.2, 0.25) is 0 Å².